The van der Waals surface area contributed by atoms with Gasteiger partial charge in [0, 0.05) is 12.4 Å². The van der Waals surface area contributed by atoms with Gasteiger partial charge in [0.15, 0.2) is 10.5 Å². The number of nitrogen functional groups attached to an aromatic ring is 1. The van der Waals surface area contributed by atoms with Crippen LogP contribution in [0.25, 0.3) is 5.65 Å². The summed E-state index contributed by atoms with van der Waals surface area (Å²) < 4.78 is 28.1. The van der Waals surface area contributed by atoms with E-state index in [1.54, 1.807) is 19.1 Å². The molecular formula is C13H12N6O3S. The van der Waals surface area contributed by atoms with Crippen molar-refractivity contribution in [3.8, 4) is 0 Å². The molecule has 3 heterocycles. The van der Waals surface area contributed by atoms with E-state index in [0.29, 0.717) is 5.56 Å². The summed E-state index contributed by atoms with van der Waals surface area (Å²) in [6.07, 6.45) is 3.98. The first-order chi connectivity index (χ1) is 10.9. The SMILES string of the molecule is Cc1cccnc1C(=O)NS(=O)(=O)c1cnn2ccc(N)nc12. The van der Waals surface area contributed by atoms with Crippen molar-refractivity contribution in [3.05, 3.63) is 48.0 Å². The first-order valence-electron chi connectivity index (χ1n) is 6.47. The quantitative estimate of drug-likeness (QED) is 0.696. The molecule has 0 saturated heterocycles. The third-order valence-corrected chi connectivity index (χ3v) is 4.42. The van der Waals surface area contributed by atoms with Crippen LogP contribution in [-0.2, 0) is 10.0 Å². The molecule has 1 amide bonds. The number of hydrogen-bond donors (Lipinski definition) is 2. The van der Waals surface area contributed by atoms with Crippen LogP contribution in [-0.4, -0.2) is 33.9 Å². The molecule has 9 nitrogen and oxygen atoms in total. The number of nitrogens with one attached hydrogen (secondary N) is 1. The molecule has 0 spiro atoms. The average molecular weight is 332 g/mol. The molecule has 0 unspecified atom stereocenters. The van der Waals surface area contributed by atoms with E-state index in [1.165, 1.54) is 23.0 Å². The van der Waals surface area contributed by atoms with Crippen LogP contribution in [0.15, 0.2) is 41.7 Å². The van der Waals surface area contributed by atoms with Gasteiger partial charge in [0.25, 0.3) is 15.9 Å². The summed E-state index contributed by atoms with van der Waals surface area (Å²) in [5, 5.41) is 3.88. The van der Waals surface area contributed by atoms with E-state index in [-0.39, 0.29) is 22.1 Å². The maximum Gasteiger partial charge on any atom is 0.283 e. The fraction of sp³-hybridized carbons (Fsp3) is 0.0769. The number of fused-ring (bicyclic) bond motifs is 1. The third-order valence-electron chi connectivity index (χ3n) is 3.10. The molecule has 0 aliphatic carbocycles. The Bertz CT molecular complexity index is 1010. The minimum Gasteiger partial charge on any atom is -0.384 e. The number of aromatic nitrogens is 4. The zero-order valence-corrected chi connectivity index (χ0v) is 12.8. The Morgan fingerprint density at radius 3 is 2.87 bits per heavy atom. The first kappa shape index (κ1) is 14.9. The summed E-state index contributed by atoms with van der Waals surface area (Å²) >= 11 is 0. The van der Waals surface area contributed by atoms with Crippen LogP contribution in [0, 0.1) is 6.92 Å². The molecule has 0 fully saturated rings. The fourth-order valence-corrected chi connectivity index (χ4v) is 3.02. The second kappa shape index (κ2) is 5.32. The van der Waals surface area contributed by atoms with E-state index >= 15 is 0 Å². The fourth-order valence-electron chi connectivity index (χ4n) is 2.00. The number of pyridine rings is 1. The number of anilines is 1. The lowest BCUT2D eigenvalue weighted by molar-refractivity contribution is 0.0976. The highest BCUT2D eigenvalue weighted by Gasteiger charge is 2.25. The lowest BCUT2D eigenvalue weighted by atomic mass is 10.2. The van der Waals surface area contributed by atoms with Gasteiger partial charge in [0.1, 0.15) is 11.5 Å². The van der Waals surface area contributed by atoms with Gasteiger partial charge in [-0.1, -0.05) is 6.07 Å². The van der Waals surface area contributed by atoms with Gasteiger partial charge in [-0.25, -0.2) is 22.6 Å². The lowest BCUT2D eigenvalue weighted by Crippen LogP contribution is -2.31. The Balaban J connectivity index is 2.00. The maximum atomic E-state index is 12.4. The van der Waals surface area contributed by atoms with Gasteiger partial charge >= 0.3 is 0 Å². The normalized spacial score (nSPS) is 11.5. The van der Waals surface area contributed by atoms with Crippen LogP contribution in [0.5, 0.6) is 0 Å². The van der Waals surface area contributed by atoms with Crippen LogP contribution in [0.1, 0.15) is 16.1 Å². The Labute approximate surface area is 131 Å². The number of amides is 1. The van der Waals surface area contributed by atoms with E-state index < -0.39 is 15.9 Å². The van der Waals surface area contributed by atoms with Crippen molar-refractivity contribution in [2.75, 3.05) is 5.73 Å². The van der Waals surface area contributed by atoms with Crippen LogP contribution in [0.2, 0.25) is 0 Å². The van der Waals surface area contributed by atoms with E-state index in [2.05, 4.69) is 15.1 Å². The summed E-state index contributed by atoms with van der Waals surface area (Å²) in [6, 6.07) is 4.79. The zero-order valence-electron chi connectivity index (χ0n) is 12.0. The highest BCUT2D eigenvalue weighted by Crippen LogP contribution is 2.16. The topological polar surface area (TPSA) is 132 Å². The van der Waals surface area contributed by atoms with Gasteiger partial charge in [0.05, 0.1) is 6.20 Å². The van der Waals surface area contributed by atoms with Gasteiger partial charge in [-0.3, -0.25) is 9.78 Å². The van der Waals surface area contributed by atoms with Crippen molar-refractivity contribution >= 4 is 27.4 Å². The molecule has 3 N–H and O–H groups in total. The highest BCUT2D eigenvalue weighted by molar-refractivity contribution is 7.90. The monoisotopic (exact) mass is 332 g/mol. The molecule has 0 saturated carbocycles. The minimum atomic E-state index is -4.17. The first-order valence-corrected chi connectivity index (χ1v) is 7.95. The van der Waals surface area contributed by atoms with Crippen LogP contribution in [0.4, 0.5) is 5.82 Å². The molecule has 0 bridgehead atoms. The molecule has 0 aliphatic heterocycles. The predicted octanol–water partition coefficient (Wildman–Crippen LogP) is 0.134. The summed E-state index contributed by atoms with van der Waals surface area (Å²) in [5.74, 6) is -0.687. The number of carbonyl (C=O) groups is 1. The summed E-state index contributed by atoms with van der Waals surface area (Å²) in [7, 11) is -4.17. The van der Waals surface area contributed by atoms with Crippen molar-refractivity contribution in [3.63, 3.8) is 0 Å². The number of carbonyl (C=O) groups excluding carboxylic acids is 1. The van der Waals surface area contributed by atoms with Gasteiger partial charge in [-0.05, 0) is 24.6 Å². The van der Waals surface area contributed by atoms with Crippen molar-refractivity contribution < 1.29 is 13.2 Å². The second-order valence-electron chi connectivity index (χ2n) is 4.73. The standard InChI is InChI=1S/C13H12N6O3S/c1-8-3-2-5-15-11(8)13(20)18-23(21,22)9-7-16-19-6-4-10(14)17-12(9)19/h2-7H,1H3,(H2,14,17)(H,18,20). The van der Waals surface area contributed by atoms with E-state index in [0.717, 1.165) is 6.20 Å². The van der Waals surface area contributed by atoms with E-state index in [9.17, 15) is 13.2 Å². The number of hydrogen-bond acceptors (Lipinski definition) is 7. The number of aryl methyl sites for hydroxylation is 1. The molecule has 23 heavy (non-hydrogen) atoms. The van der Waals surface area contributed by atoms with E-state index in [1.807, 2.05) is 4.72 Å². The molecule has 3 rings (SSSR count). The largest absolute Gasteiger partial charge is 0.384 e. The third kappa shape index (κ3) is 2.71. The lowest BCUT2D eigenvalue weighted by Gasteiger charge is -2.06. The van der Waals surface area contributed by atoms with Crippen molar-refractivity contribution in [1.29, 1.82) is 0 Å². The molecule has 0 aromatic carbocycles. The molecule has 0 aliphatic rings. The molecular weight excluding hydrogens is 320 g/mol. The van der Waals surface area contributed by atoms with Crippen molar-refractivity contribution in [1.82, 2.24) is 24.3 Å². The molecule has 118 valence electrons. The number of nitrogens with two attached hydrogens (primary N) is 1. The highest BCUT2D eigenvalue weighted by atomic mass is 32.2. The van der Waals surface area contributed by atoms with Crippen LogP contribution >= 0.6 is 0 Å². The minimum absolute atomic E-state index is 0.0278. The van der Waals surface area contributed by atoms with E-state index in [4.69, 9.17) is 5.73 Å². The van der Waals surface area contributed by atoms with Gasteiger partial charge < -0.3 is 5.73 Å². The number of sulfonamides is 1. The van der Waals surface area contributed by atoms with Crippen LogP contribution < -0.4 is 10.5 Å². The van der Waals surface area contributed by atoms with Crippen molar-refractivity contribution in [2.45, 2.75) is 11.8 Å². The number of nitrogens with zero attached hydrogens (tertiary/aromatic N) is 4. The van der Waals surface area contributed by atoms with Gasteiger partial charge in [0.2, 0.25) is 0 Å². The molecule has 0 radical (unpaired) electrons. The Morgan fingerprint density at radius 2 is 2.13 bits per heavy atom. The van der Waals surface area contributed by atoms with Gasteiger partial charge in [-0.2, -0.15) is 5.10 Å². The maximum absolute atomic E-state index is 12.4. The zero-order chi connectivity index (χ0) is 16.6. The summed E-state index contributed by atoms with van der Waals surface area (Å²) in [4.78, 5) is 19.7. The number of rotatable bonds is 3. The van der Waals surface area contributed by atoms with Crippen LogP contribution in [0.3, 0.4) is 0 Å². The summed E-state index contributed by atoms with van der Waals surface area (Å²) in [6.45, 7) is 1.66. The Hall–Kier alpha value is -3.01. The second-order valence-corrected chi connectivity index (χ2v) is 6.38. The molecule has 3 aromatic heterocycles. The van der Waals surface area contributed by atoms with Crippen molar-refractivity contribution in [2.24, 2.45) is 0 Å². The molecule has 3 aromatic rings. The predicted molar refractivity (Wildman–Crippen MR) is 81.0 cm³/mol. The summed E-state index contributed by atoms with van der Waals surface area (Å²) in [5.41, 5.74) is 6.18. The molecule has 10 heteroatoms. The smallest absolute Gasteiger partial charge is 0.283 e. The Morgan fingerprint density at radius 1 is 1.35 bits per heavy atom. The average Bonchev–Trinajstić information content (AvgIpc) is 2.90. The molecule has 0 atom stereocenters. The Kier molecular flexibility index (Phi) is 3.45. The van der Waals surface area contributed by atoms with Gasteiger partial charge in [-0.15, -0.1) is 0 Å².